The molecule has 0 heterocycles. The van der Waals surface area contributed by atoms with Gasteiger partial charge < -0.3 is 14.2 Å². The lowest BCUT2D eigenvalue weighted by atomic mass is 10.2. The Morgan fingerprint density at radius 2 is 1.18 bits per heavy atom. The smallest absolute Gasteiger partial charge is 0.262 e. The van der Waals surface area contributed by atoms with E-state index in [-0.39, 0.29) is 32.7 Å². The molecule has 0 aromatic heterocycles. The second kappa shape index (κ2) is 9.55. The van der Waals surface area contributed by atoms with Crippen molar-refractivity contribution >= 4 is 31.4 Å². The van der Waals surface area contributed by atoms with Crippen LogP contribution in [0.3, 0.4) is 0 Å². The molecule has 9 nitrogen and oxygen atoms in total. The number of sulfonamides is 2. The van der Waals surface area contributed by atoms with Crippen LogP contribution in [0.5, 0.6) is 17.2 Å². The van der Waals surface area contributed by atoms with Crippen LogP contribution in [0.25, 0.3) is 0 Å². The molecule has 0 radical (unpaired) electrons. The van der Waals surface area contributed by atoms with E-state index in [4.69, 9.17) is 14.2 Å². The van der Waals surface area contributed by atoms with Crippen LogP contribution in [0.1, 0.15) is 0 Å². The molecule has 0 aliphatic carbocycles. The number of anilines is 2. The summed E-state index contributed by atoms with van der Waals surface area (Å²) in [5, 5.41) is 0. The van der Waals surface area contributed by atoms with E-state index in [0.717, 1.165) is 24.3 Å². The molecule has 0 fully saturated rings. The summed E-state index contributed by atoms with van der Waals surface area (Å²) in [4.78, 5) is -0.272. The molecule has 0 spiro atoms. The minimum Gasteiger partial charge on any atom is -0.495 e. The monoisotopic (exact) mass is 496 g/mol. The van der Waals surface area contributed by atoms with Gasteiger partial charge >= 0.3 is 0 Å². The van der Waals surface area contributed by atoms with Gasteiger partial charge in [0.15, 0.2) is 11.5 Å². The predicted molar refractivity (Wildman–Crippen MR) is 121 cm³/mol. The highest BCUT2D eigenvalue weighted by Gasteiger charge is 2.20. The molecule has 33 heavy (non-hydrogen) atoms. The molecule has 0 aliphatic rings. The van der Waals surface area contributed by atoms with Gasteiger partial charge in [0, 0.05) is 6.07 Å². The molecule has 0 amide bonds. The quantitative estimate of drug-likeness (QED) is 0.466. The topological polar surface area (TPSA) is 120 Å². The van der Waals surface area contributed by atoms with Gasteiger partial charge in [-0.25, -0.2) is 21.2 Å². The second-order valence-corrected chi connectivity index (χ2v) is 9.96. The van der Waals surface area contributed by atoms with Crippen LogP contribution >= 0.6 is 0 Å². The lowest BCUT2D eigenvalue weighted by molar-refractivity contribution is 0.354. The Bertz CT molecular complexity index is 1360. The molecule has 176 valence electrons. The Morgan fingerprint density at radius 1 is 0.636 bits per heavy atom. The number of ether oxygens (including phenoxy) is 3. The molecular weight excluding hydrogens is 475 g/mol. The van der Waals surface area contributed by atoms with E-state index in [1.807, 2.05) is 0 Å². The molecule has 12 heteroatoms. The van der Waals surface area contributed by atoms with Crippen molar-refractivity contribution in [2.45, 2.75) is 9.79 Å². The molecule has 0 aliphatic heterocycles. The van der Waals surface area contributed by atoms with Gasteiger partial charge in [0.1, 0.15) is 11.6 Å². The van der Waals surface area contributed by atoms with Crippen molar-refractivity contribution in [3.63, 3.8) is 0 Å². The Labute approximate surface area is 191 Å². The number of hydrogen-bond acceptors (Lipinski definition) is 7. The van der Waals surface area contributed by atoms with Crippen molar-refractivity contribution < 1.29 is 35.4 Å². The van der Waals surface area contributed by atoms with Gasteiger partial charge in [0.25, 0.3) is 20.0 Å². The van der Waals surface area contributed by atoms with E-state index in [9.17, 15) is 21.2 Å². The third-order valence-corrected chi connectivity index (χ3v) is 7.25. The Kier molecular flexibility index (Phi) is 6.98. The third-order valence-electron chi connectivity index (χ3n) is 4.49. The Morgan fingerprint density at radius 3 is 1.79 bits per heavy atom. The molecule has 3 rings (SSSR count). The summed E-state index contributed by atoms with van der Waals surface area (Å²) < 4.78 is 84.4. The highest BCUT2D eigenvalue weighted by atomic mass is 32.2. The first-order valence-corrected chi connectivity index (χ1v) is 12.3. The molecule has 0 atom stereocenters. The normalized spacial score (nSPS) is 11.5. The van der Waals surface area contributed by atoms with Gasteiger partial charge in [-0.15, -0.1) is 0 Å². The lowest BCUT2D eigenvalue weighted by Gasteiger charge is -2.15. The Balaban J connectivity index is 1.93. The second-order valence-electron chi connectivity index (χ2n) is 6.60. The first-order valence-electron chi connectivity index (χ1n) is 9.31. The predicted octanol–water partition coefficient (Wildman–Crippen LogP) is 3.45. The number of halogens is 1. The van der Waals surface area contributed by atoms with Crippen molar-refractivity contribution in [2.75, 3.05) is 30.8 Å². The summed E-state index contributed by atoms with van der Waals surface area (Å²) in [6.45, 7) is 0. The molecule has 0 unspecified atom stereocenters. The van der Waals surface area contributed by atoms with E-state index in [1.54, 1.807) is 0 Å². The van der Waals surface area contributed by atoms with Gasteiger partial charge in [0.05, 0.1) is 42.5 Å². The van der Waals surface area contributed by atoms with Gasteiger partial charge in [-0.1, -0.05) is 0 Å². The number of benzene rings is 3. The van der Waals surface area contributed by atoms with Crippen molar-refractivity contribution in [3.05, 3.63) is 66.5 Å². The average Bonchev–Trinajstić information content (AvgIpc) is 2.78. The van der Waals surface area contributed by atoms with Crippen LogP contribution < -0.4 is 23.7 Å². The van der Waals surface area contributed by atoms with Crippen molar-refractivity contribution in [2.24, 2.45) is 0 Å². The maximum absolute atomic E-state index is 13.1. The number of nitrogens with one attached hydrogen (secondary N) is 2. The van der Waals surface area contributed by atoms with E-state index < -0.39 is 25.9 Å². The highest BCUT2D eigenvalue weighted by molar-refractivity contribution is 7.93. The van der Waals surface area contributed by atoms with Gasteiger partial charge in [0.2, 0.25) is 0 Å². The van der Waals surface area contributed by atoms with Gasteiger partial charge in [-0.3, -0.25) is 9.44 Å². The highest BCUT2D eigenvalue weighted by Crippen LogP contribution is 2.33. The standard InChI is InChI=1S/C21H21FN2O7S2/c1-29-19-10-6-15(12-18(19)24-32(25,26)16-7-4-14(22)5-8-16)23-33(27,28)17-9-11-20(30-2)21(13-17)31-3/h4-13,23-24H,1-3H3. The fraction of sp³-hybridized carbons (Fsp3) is 0.143. The molecular formula is C21H21FN2O7S2. The molecule has 2 N–H and O–H groups in total. The largest absolute Gasteiger partial charge is 0.495 e. The molecule has 0 bridgehead atoms. The zero-order valence-corrected chi connectivity index (χ0v) is 19.5. The van der Waals surface area contributed by atoms with Gasteiger partial charge in [-0.2, -0.15) is 0 Å². The molecule has 3 aromatic carbocycles. The van der Waals surface area contributed by atoms with Crippen molar-refractivity contribution in [3.8, 4) is 17.2 Å². The minimum atomic E-state index is -4.10. The van der Waals surface area contributed by atoms with E-state index in [1.165, 1.54) is 57.7 Å². The Hall–Kier alpha value is -3.51. The van der Waals surface area contributed by atoms with Crippen LogP contribution in [-0.4, -0.2) is 38.2 Å². The van der Waals surface area contributed by atoms with Gasteiger partial charge in [-0.05, 0) is 54.6 Å². The molecule has 0 saturated heterocycles. The molecule has 3 aromatic rings. The number of hydrogen-bond donors (Lipinski definition) is 2. The molecule has 0 saturated carbocycles. The first kappa shape index (κ1) is 24.1. The lowest BCUT2D eigenvalue weighted by Crippen LogP contribution is -2.15. The number of methoxy groups -OCH3 is 3. The van der Waals surface area contributed by atoms with Crippen LogP contribution in [-0.2, 0) is 20.0 Å². The average molecular weight is 497 g/mol. The third kappa shape index (κ3) is 5.46. The van der Waals surface area contributed by atoms with E-state index >= 15 is 0 Å². The fourth-order valence-electron chi connectivity index (χ4n) is 2.87. The maximum Gasteiger partial charge on any atom is 0.262 e. The van der Waals surface area contributed by atoms with E-state index in [0.29, 0.717) is 5.75 Å². The summed E-state index contributed by atoms with van der Waals surface area (Å²) in [6, 6.07) is 12.4. The first-order chi connectivity index (χ1) is 15.6. The van der Waals surface area contributed by atoms with Crippen LogP contribution in [0, 0.1) is 5.82 Å². The van der Waals surface area contributed by atoms with Crippen molar-refractivity contribution in [1.29, 1.82) is 0 Å². The zero-order chi connectivity index (χ0) is 24.2. The fourth-order valence-corrected chi connectivity index (χ4v) is 4.99. The summed E-state index contributed by atoms with van der Waals surface area (Å²) >= 11 is 0. The zero-order valence-electron chi connectivity index (χ0n) is 17.8. The van der Waals surface area contributed by atoms with Crippen LogP contribution in [0.2, 0.25) is 0 Å². The summed E-state index contributed by atoms with van der Waals surface area (Å²) in [6.07, 6.45) is 0. The van der Waals surface area contributed by atoms with Crippen LogP contribution in [0.15, 0.2) is 70.5 Å². The minimum absolute atomic E-state index is 0.0191. The summed E-state index contributed by atoms with van der Waals surface area (Å²) in [5.74, 6) is 0.147. The van der Waals surface area contributed by atoms with E-state index in [2.05, 4.69) is 9.44 Å². The summed E-state index contributed by atoms with van der Waals surface area (Å²) in [5.41, 5.74) is 0.0525. The van der Waals surface area contributed by atoms with Crippen molar-refractivity contribution in [1.82, 2.24) is 0 Å². The SMILES string of the molecule is COc1ccc(NS(=O)(=O)c2ccc(OC)c(OC)c2)cc1NS(=O)(=O)c1ccc(F)cc1. The van der Waals surface area contributed by atoms with Crippen LogP contribution in [0.4, 0.5) is 15.8 Å². The maximum atomic E-state index is 13.1. The summed E-state index contributed by atoms with van der Waals surface area (Å²) in [7, 11) is -4.01. The number of rotatable bonds is 9.